The first kappa shape index (κ1) is 14.5. The standard InChI is InChI=1S/C13H11BrClFN4O/c1-7(15)13-19-10-5-9(16)8(14)4-11(10)20(13)3-2-12-17-6-18-21-12/h4-7H,2-3H2,1H3. The number of fused-ring (bicyclic) bond motifs is 1. The Hall–Kier alpha value is -1.47. The highest BCUT2D eigenvalue weighted by atomic mass is 79.9. The number of hydrogen-bond donors (Lipinski definition) is 0. The average molecular weight is 374 g/mol. The molecule has 5 nitrogen and oxygen atoms in total. The monoisotopic (exact) mass is 372 g/mol. The van der Waals surface area contributed by atoms with Crippen molar-refractivity contribution in [3.05, 3.63) is 40.5 Å². The second-order valence-corrected chi connectivity index (χ2v) is 6.09. The minimum absolute atomic E-state index is 0.290. The van der Waals surface area contributed by atoms with Crippen LogP contribution in [0.25, 0.3) is 11.0 Å². The van der Waals surface area contributed by atoms with Crippen LogP contribution >= 0.6 is 27.5 Å². The lowest BCUT2D eigenvalue weighted by atomic mass is 10.3. The molecule has 3 rings (SSSR count). The number of nitrogens with zero attached hydrogens (tertiary/aromatic N) is 4. The molecule has 1 aromatic carbocycles. The lowest BCUT2D eigenvalue weighted by molar-refractivity contribution is 0.370. The Morgan fingerprint density at radius 3 is 2.95 bits per heavy atom. The largest absolute Gasteiger partial charge is 0.340 e. The van der Waals surface area contributed by atoms with E-state index in [9.17, 15) is 4.39 Å². The first-order valence-electron chi connectivity index (χ1n) is 6.31. The molecule has 2 aromatic heterocycles. The maximum absolute atomic E-state index is 13.6. The van der Waals surface area contributed by atoms with Crippen LogP contribution in [0.5, 0.6) is 0 Å². The summed E-state index contributed by atoms with van der Waals surface area (Å²) in [5, 5.41) is 3.28. The Morgan fingerprint density at radius 1 is 1.48 bits per heavy atom. The van der Waals surface area contributed by atoms with Gasteiger partial charge in [0, 0.05) is 19.0 Å². The first-order chi connectivity index (χ1) is 10.1. The molecule has 0 saturated carbocycles. The molecule has 0 N–H and O–H groups in total. The van der Waals surface area contributed by atoms with Gasteiger partial charge >= 0.3 is 0 Å². The minimum Gasteiger partial charge on any atom is -0.340 e. The maximum Gasteiger partial charge on any atom is 0.228 e. The van der Waals surface area contributed by atoms with E-state index < -0.39 is 0 Å². The van der Waals surface area contributed by atoms with Crippen molar-refractivity contribution in [2.75, 3.05) is 0 Å². The third-order valence-corrected chi connectivity index (χ3v) is 3.93. The van der Waals surface area contributed by atoms with Gasteiger partial charge in [0.25, 0.3) is 0 Å². The van der Waals surface area contributed by atoms with Crippen molar-refractivity contribution < 1.29 is 8.91 Å². The molecule has 0 fully saturated rings. The van der Waals surface area contributed by atoms with Gasteiger partial charge in [-0.2, -0.15) is 4.98 Å². The topological polar surface area (TPSA) is 56.7 Å². The lowest BCUT2D eigenvalue weighted by Gasteiger charge is -2.09. The van der Waals surface area contributed by atoms with E-state index in [1.54, 1.807) is 6.07 Å². The summed E-state index contributed by atoms with van der Waals surface area (Å²) < 4.78 is 21.0. The van der Waals surface area contributed by atoms with Crippen LogP contribution in [0.3, 0.4) is 0 Å². The fraction of sp³-hybridized carbons (Fsp3) is 0.308. The number of halogens is 3. The quantitative estimate of drug-likeness (QED) is 0.652. The van der Waals surface area contributed by atoms with Gasteiger partial charge in [-0.15, -0.1) is 11.6 Å². The van der Waals surface area contributed by atoms with Crippen LogP contribution < -0.4 is 0 Å². The van der Waals surface area contributed by atoms with Gasteiger partial charge in [0.05, 0.1) is 20.9 Å². The van der Waals surface area contributed by atoms with Crippen molar-refractivity contribution in [2.45, 2.75) is 25.3 Å². The van der Waals surface area contributed by atoms with E-state index in [1.807, 2.05) is 11.5 Å². The van der Waals surface area contributed by atoms with E-state index in [4.69, 9.17) is 16.1 Å². The molecule has 8 heteroatoms. The van der Waals surface area contributed by atoms with E-state index in [-0.39, 0.29) is 11.2 Å². The van der Waals surface area contributed by atoms with Gasteiger partial charge in [0.2, 0.25) is 5.89 Å². The zero-order chi connectivity index (χ0) is 15.0. The van der Waals surface area contributed by atoms with Crippen molar-refractivity contribution in [3.63, 3.8) is 0 Å². The van der Waals surface area contributed by atoms with E-state index >= 15 is 0 Å². The van der Waals surface area contributed by atoms with Crippen LogP contribution in [-0.2, 0) is 13.0 Å². The minimum atomic E-state index is -0.349. The molecule has 0 saturated heterocycles. The molecular weight excluding hydrogens is 363 g/mol. The smallest absolute Gasteiger partial charge is 0.228 e. The van der Waals surface area contributed by atoms with Gasteiger partial charge in [0.1, 0.15) is 11.6 Å². The van der Waals surface area contributed by atoms with Crippen molar-refractivity contribution in [1.82, 2.24) is 19.7 Å². The summed E-state index contributed by atoms with van der Waals surface area (Å²) in [7, 11) is 0. The van der Waals surface area contributed by atoms with Gasteiger partial charge in [-0.25, -0.2) is 9.37 Å². The summed E-state index contributed by atoms with van der Waals surface area (Å²) >= 11 is 9.38. The zero-order valence-corrected chi connectivity index (χ0v) is 13.4. The van der Waals surface area contributed by atoms with Gasteiger partial charge < -0.3 is 9.09 Å². The average Bonchev–Trinajstić information content (AvgIpc) is 3.05. The molecule has 1 atom stereocenters. The van der Waals surface area contributed by atoms with Crippen molar-refractivity contribution in [1.29, 1.82) is 0 Å². The molecule has 110 valence electrons. The number of aromatic nitrogens is 4. The predicted molar refractivity (Wildman–Crippen MR) is 79.7 cm³/mol. The molecule has 0 aliphatic heterocycles. The molecule has 0 bridgehead atoms. The van der Waals surface area contributed by atoms with Crippen LogP contribution in [0.1, 0.15) is 24.0 Å². The molecule has 0 aliphatic carbocycles. The lowest BCUT2D eigenvalue weighted by Crippen LogP contribution is -2.07. The van der Waals surface area contributed by atoms with Crippen LogP contribution in [0.2, 0.25) is 0 Å². The Bertz CT molecular complexity index is 772. The first-order valence-corrected chi connectivity index (χ1v) is 7.54. The van der Waals surface area contributed by atoms with E-state index in [1.165, 1.54) is 12.4 Å². The third-order valence-electron chi connectivity index (χ3n) is 3.13. The van der Waals surface area contributed by atoms with Gasteiger partial charge in [-0.3, -0.25) is 0 Å². The summed E-state index contributed by atoms with van der Waals surface area (Å²) in [6.07, 6.45) is 1.91. The normalized spacial score (nSPS) is 13.0. The molecule has 1 unspecified atom stereocenters. The highest BCUT2D eigenvalue weighted by Crippen LogP contribution is 2.28. The Morgan fingerprint density at radius 2 is 2.29 bits per heavy atom. The SMILES string of the molecule is CC(Cl)c1nc2cc(F)c(Br)cc2n1CCc1ncno1. The maximum atomic E-state index is 13.6. The summed E-state index contributed by atoms with van der Waals surface area (Å²) in [6.45, 7) is 2.40. The van der Waals surface area contributed by atoms with Gasteiger partial charge in [-0.05, 0) is 28.9 Å². The highest BCUT2D eigenvalue weighted by molar-refractivity contribution is 9.10. The third kappa shape index (κ3) is 2.80. The van der Waals surface area contributed by atoms with Crippen LogP contribution in [0.15, 0.2) is 27.5 Å². The molecule has 3 aromatic rings. The fourth-order valence-corrected chi connectivity index (χ4v) is 2.69. The van der Waals surface area contributed by atoms with Crippen molar-refractivity contribution in [3.8, 4) is 0 Å². The number of imidazole rings is 1. The zero-order valence-electron chi connectivity index (χ0n) is 11.1. The number of hydrogen-bond acceptors (Lipinski definition) is 4. The number of alkyl halides is 1. The Balaban J connectivity index is 2.04. The molecular formula is C13H11BrClFN4O. The number of rotatable bonds is 4. The second kappa shape index (κ2) is 5.73. The van der Waals surface area contributed by atoms with E-state index in [0.29, 0.717) is 34.7 Å². The van der Waals surface area contributed by atoms with E-state index in [2.05, 4.69) is 31.1 Å². The summed E-state index contributed by atoms with van der Waals surface area (Å²) in [4.78, 5) is 8.41. The van der Waals surface area contributed by atoms with Gasteiger partial charge in [0.15, 0.2) is 6.33 Å². The molecule has 0 spiro atoms. The Labute approximate surface area is 133 Å². The van der Waals surface area contributed by atoms with E-state index in [0.717, 1.165) is 5.52 Å². The highest BCUT2D eigenvalue weighted by Gasteiger charge is 2.17. The predicted octanol–water partition coefficient (Wildman–Crippen LogP) is 3.86. The summed E-state index contributed by atoms with van der Waals surface area (Å²) in [5.41, 5.74) is 1.38. The number of benzene rings is 1. The molecule has 0 radical (unpaired) electrons. The molecule has 2 heterocycles. The number of aryl methyl sites for hydroxylation is 2. The van der Waals surface area contributed by atoms with Crippen LogP contribution in [0, 0.1) is 5.82 Å². The summed E-state index contributed by atoms with van der Waals surface area (Å²) in [6, 6.07) is 3.10. The Kier molecular flexibility index (Phi) is 3.95. The summed E-state index contributed by atoms with van der Waals surface area (Å²) in [5.74, 6) is 0.868. The van der Waals surface area contributed by atoms with Crippen LogP contribution in [0.4, 0.5) is 4.39 Å². The fourth-order valence-electron chi connectivity index (χ4n) is 2.19. The van der Waals surface area contributed by atoms with Crippen LogP contribution in [-0.4, -0.2) is 19.7 Å². The molecule has 21 heavy (non-hydrogen) atoms. The van der Waals surface area contributed by atoms with Gasteiger partial charge in [-0.1, -0.05) is 5.16 Å². The van der Waals surface area contributed by atoms with Crippen molar-refractivity contribution in [2.24, 2.45) is 0 Å². The molecule has 0 aliphatic rings. The van der Waals surface area contributed by atoms with Crippen molar-refractivity contribution >= 4 is 38.6 Å². The molecule has 0 amide bonds. The second-order valence-electron chi connectivity index (χ2n) is 4.58.